The van der Waals surface area contributed by atoms with Crippen LogP contribution in [0.5, 0.6) is 0 Å². The van der Waals surface area contributed by atoms with Crippen LogP contribution in [0.25, 0.3) is 0 Å². The predicted octanol–water partition coefficient (Wildman–Crippen LogP) is 2.94. The third-order valence-electron chi connectivity index (χ3n) is 7.38. The fourth-order valence-corrected chi connectivity index (χ4v) is 5.29. The molecule has 0 spiro atoms. The molecular formula is C28H37FN4O3. The molecule has 2 fully saturated rings. The highest BCUT2D eigenvalue weighted by atomic mass is 19.1. The van der Waals surface area contributed by atoms with Crippen LogP contribution in [0.3, 0.4) is 0 Å². The molecule has 1 aliphatic heterocycles. The maximum Gasteiger partial charge on any atom is 0.254 e. The molecule has 2 unspecified atom stereocenters. The highest BCUT2D eigenvalue weighted by Crippen LogP contribution is 2.27. The van der Waals surface area contributed by atoms with Crippen molar-refractivity contribution in [2.75, 3.05) is 26.8 Å². The van der Waals surface area contributed by atoms with Crippen molar-refractivity contribution in [3.8, 4) is 0 Å². The number of nitrogens with one attached hydrogen (secondary N) is 1. The number of rotatable bonds is 9. The second-order valence-corrected chi connectivity index (χ2v) is 9.94. The van der Waals surface area contributed by atoms with E-state index < -0.39 is 11.9 Å². The summed E-state index contributed by atoms with van der Waals surface area (Å²) in [5.74, 6) is -0.779. The summed E-state index contributed by atoms with van der Waals surface area (Å²) >= 11 is 0. The minimum Gasteiger partial charge on any atom is -0.383 e. The topological polar surface area (TPSA) is 87.9 Å². The van der Waals surface area contributed by atoms with Crippen LogP contribution in [0.1, 0.15) is 48.0 Å². The van der Waals surface area contributed by atoms with E-state index >= 15 is 0 Å². The van der Waals surface area contributed by atoms with Gasteiger partial charge < -0.3 is 20.7 Å². The standard InChI is InChI=1S/C28H37FN4O3/c1-36-16-15-32(18-20-5-3-2-4-6-20)25-17-26(27(34)31-24-13-11-23(30)12-14-24)33(19-25)28(35)21-7-9-22(29)10-8-21/h2-10,23-26H,11-19,30H2,1H3,(H,31,34). The molecule has 4 rings (SSSR count). The fraction of sp³-hybridized carbons (Fsp3) is 0.500. The van der Waals surface area contributed by atoms with Crippen molar-refractivity contribution in [1.29, 1.82) is 0 Å². The Hall–Kier alpha value is -2.81. The van der Waals surface area contributed by atoms with Crippen LogP contribution in [0.4, 0.5) is 4.39 Å². The van der Waals surface area contributed by atoms with Crippen molar-refractivity contribution in [2.45, 2.75) is 62.8 Å². The van der Waals surface area contributed by atoms with E-state index in [1.54, 1.807) is 12.0 Å². The first-order valence-electron chi connectivity index (χ1n) is 12.8. The van der Waals surface area contributed by atoms with Crippen LogP contribution >= 0.6 is 0 Å². The molecular weight excluding hydrogens is 459 g/mol. The Morgan fingerprint density at radius 3 is 2.44 bits per heavy atom. The van der Waals surface area contributed by atoms with Gasteiger partial charge in [0, 0.05) is 50.4 Å². The Kier molecular flexibility index (Phi) is 9.07. The van der Waals surface area contributed by atoms with Gasteiger partial charge in [-0.3, -0.25) is 14.5 Å². The van der Waals surface area contributed by atoms with Crippen LogP contribution in [0.15, 0.2) is 54.6 Å². The van der Waals surface area contributed by atoms with E-state index in [-0.39, 0.29) is 29.9 Å². The summed E-state index contributed by atoms with van der Waals surface area (Å²) in [6.45, 7) is 2.35. The second-order valence-electron chi connectivity index (χ2n) is 9.94. The Labute approximate surface area is 212 Å². The Bertz CT molecular complexity index is 996. The summed E-state index contributed by atoms with van der Waals surface area (Å²) in [7, 11) is 1.67. The Morgan fingerprint density at radius 1 is 1.08 bits per heavy atom. The van der Waals surface area contributed by atoms with Gasteiger partial charge in [0.2, 0.25) is 5.91 Å². The highest BCUT2D eigenvalue weighted by Gasteiger charge is 2.42. The van der Waals surface area contributed by atoms with Gasteiger partial charge in [-0.15, -0.1) is 0 Å². The molecule has 36 heavy (non-hydrogen) atoms. The molecule has 8 heteroatoms. The zero-order valence-electron chi connectivity index (χ0n) is 20.9. The predicted molar refractivity (Wildman–Crippen MR) is 137 cm³/mol. The Balaban J connectivity index is 1.54. The fourth-order valence-electron chi connectivity index (χ4n) is 5.29. The minimum absolute atomic E-state index is 0.0136. The first-order valence-corrected chi connectivity index (χ1v) is 12.8. The molecule has 7 nitrogen and oxygen atoms in total. The van der Waals surface area contributed by atoms with Gasteiger partial charge in [0.1, 0.15) is 11.9 Å². The molecule has 194 valence electrons. The molecule has 1 aliphatic carbocycles. The van der Waals surface area contributed by atoms with E-state index in [9.17, 15) is 14.0 Å². The van der Waals surface area contributed by atoms with Crippen LogP contribution in [0.2, 0.25) is 0 Å². The number of ether oxygens (including phenoxy) is 1. The van der Waals surface area contributed by atoms with Gasteiger partial charge >= 0.3 is 0 Å². The van der Waals surface area contributed by atoms with Gasteiger partial charge in [0.15, 0.2) is 0 Å². The molecule has 0 radical (unpaired) electrons. The van der Waals surface area contributed by atoms with E-state index in [1.165, 1.54) is 24.3 Å². The molecule has 1 saturated carbocycles. The van der Waals surface area contributed by atoms with E-state index in [0.29, 0.717) is 38.2 Å². The molecule has 3 N–H and O–H groups in total. The normalized spacial score (nSPS) is 24.2. The van der Waals surface area contributed by atoms with E-state index in [1.807, 2.05) is 18.2 Å². The van der Waals surface area contributed by atoms with Crippen LogP contribution in [0, 0.1) is 5.82 Å². The van der Waals surface area contributed by atoms with Crippen LogP contribution in [-0.2, 0) is 16.1 Å². The third kappa shape index (κ3) is 6.69. The number of likely N-dealkylation sites (tertiary alicyclic amines) is 1. The van der Waals surface area contributed by atoms with Crippen LogP contribution in [-0.4, -0.2) is 72.6 Å². The molecule has 2 aromatic rings. The van der Waals surface area contributed by atoms with Crippen molar-refractivity contribution in [3.63, 3.8) is 0 Å². The quantitative estimate of drug-likeness (QED) is 0.557. The average molecular weight is 497 g/mol. The largest absolute Gasteiger partial charge is 0.383 e. The number of halogens is 1. The zero-order valence-corrected chi connectivity index (χ0v) is 20.9. The molecule has 0 aromatic heterocycles. The van der Waals surface area contributed by atoms with E-state index in [2.05, 4.69) is 22.3 Å². The van der Waals surface area contributed by atoms with E-state index in [0.717, 1.165) is 31.2 Å². The summed E-state index contributed by atoms with van der Waals surface area (Å²) in [5.41, 5.74) is 7.58. The lowest BCUT2D eigenvalue weighted by atomic mass is 9.91. The molecule has 1 heterocycles. The van der Waals surface area contributed by atoms with Crippen molar-refractivity contribution in [1.82, 2.24) is 15.1 Å². The third-order valence-corrected chi connectivity index (χ3v) is 7.38. The average Bonchev–Trinajstić information content (AvgIpc) is 3.34. The van der Waals surface area contributed by atoms with Crippen molar-refractivity contribution in [2.24, 2.45) is 5.73 Å². The number of hydrogen-bond acceptors (Lipinski definition) is 5. The van der Waals surface area contributed by atoms with Gasteiger partial charge in [-0.25, -0.2) is 4.39 Å². The molecule has 1 saturated heterocycles. The lowest BCUT2D eigenvalue weighted by Crippen LogP contribution is -2.50. The van der Waals surface area contributed by atoms with Gasteiger partial charge in [-0.2, -0.15) is 0 Å². The molecule has 0 bridgehead atoms. The van der Waals surface area contributed by atoms with Gasteiger partial charge in [-0.1, -0.05) is 30.3 Å². The number of carbonyl (C=O) groups excluding carboxylic acids is 2. The first kappa shape index (κ1) is 26.3. The molecule has 2 amide bonds. The van der Waals surface area contributed by atoms with E-state index in [4.69, 9.17) is 10.5 Å². The smallest absolute Gasteiger partial charge is 0.254 e. The number of nitrogens with zero attached hydrogens (tertiary/aromatic N) is 2. The van der Waals surface area contributed by atoms with Gasteiger partial charge in [0.25, 0.3) is 5.91 Å². The summed E-state index contributed by atoms with van der Waals surface area (Å²) < 4.78 is 18.9. The molecule has 2 atom stereocenters. The minimum atomic E-state index is -0.594. The first-order chi connectivity index (χ1) is 17.4. The van der Waals surface area contributed by atoms with Crippen molar-refractivity contribution >= 4 is 11.8 Å². The molecule has 2 aromatic carbocycles. The molecule has 2 aliphatic rings. The zero-order chi connectivity index (χ0) is 25.5. The SMILES string of the molecule is COCCN(Cc1ccccc1)C1CC(C(=O)NC2CCC(N)CC2)N(C(=O)c2ccc(F)cc2)C1. The monoisotopic (exact) mass is 496 g/mol. The van der Waals surface area contributed by atoms with Gasteiger partial charge in [0.05, 0.1) is 6.61 Å². The second kappa shape index (κ2) is 12.4. The number of benzene rings is 2. The van der Waals surface area contributed by atoms with Gasteiger partial charge in [-0.05, 0) is 61.9 Å². The number of nitrogens with two attached hydrogens (primary N) is 1. The highest BCUT2D eigenvalue weighted by molar-refractivity contribution is 5.98. The Morgan fingerprint density at radius 2 is 1.78 bits per heavy atom. The van der Waals surface area contributed by atoms with Crippen molar-refractivity contribution < 1.29 is 18.7 Å². The van der Waals surface area contributed by atoms with Crippen molar-refractivity contribution in [3.05, 3.63) is 71.5 Å². The summed E-state index contributed by atoms with van der Waals surface area (Å²) in [5, 5.41) is 3.19. The lowest BCUT2D eigenvalue weighted by molar-refractivity contribution is -0.125. The summed E-state index contributed by atoms with van der Waals surface area (Å²) in [6, 6.07) is 15.3. The van der Waals surface area contributed by atoms with Crippen LogP contribution < -0.4 is 11.1 Å². The number of hydrogen-bond donors (Lipinski definition) is 2. The number of amides is 2. The number of carbonyl (C=O) groups is 2. The summed E-state index contributed by atoms with van der Waals surface area (Å²) in [6.07, 6.45) is 4.00. The summed E-state index contributed by atoms with van der Waals surface area (Å²) in [4.78, 5) is 31.0. The lowest BCUT2D eigenvalue weighted by Gasteiger charge is -2.30. The maximum atomic E-state index is 13.5. The maximum absolute atomic E-state index is 13.5. The number of methoxy groups -OCH3 is 1.